The maximum atomic E-state index is 13.2. The van der Waals surface area contributed by atoms with Crippen molar-refractivity contribution < 1.29 is 23.8 Å². The molecule has 34 heavy (non-hydrogen) atoms. The lowest BCUT2D eigenvalue weighted by molar-refractivity contribution is -0.135. The molecule has 0 fully saturated rings. The van der Waals surface area contributed by atoms with Gasteiger partial charge in [0.1, 0.15) is 17.2 Å². The molecule has 6 rings (SSSR count). The molecule has 0 aliphatic carbocycles. The normalized spacial score (nSPS) is 17.8. The Hall–Kier alpha value is -4.45. The van der Waals surface area contributed by atoms with E-state index in [-0.39, 0.29) is 29.9 Å². The van der Waals surface area contributed by atoms with Gasteiger partial charge in [0.25, 0.3) is 0 Å². The molecule has 0 saturated heterocycles. The third kappa shape index (κ3) is 3.23. The third-order valence-corrected chi connectivity index (χ3v) is 6.23. The molecule has 1 unspecified atom stereocenters. The van der Waals surface area contributed by atoms with Crippen molar-refractivity contribution in [2.75, 3.05) is 7.11 Å². The number of para-hydroxylation sites is 1. The molecule has 0 bridgehead atoms. The van der Waals surface area contributed by atoms with Gasteiger partial charge in [0.2, 0.25) is 5.78 Å². The third-order valence-electron chi connectivity index (χ3n) is 6.23. The summed E-state index contributed by atoms with van der Waals surface area (Å²) in [5, 5.41) is 0.974. The van der Waals surface area contributed by atoms with Gasteiger partial charge < -0.3 is 14.2 Å². The van der Waals surface area contributed by atoms with Gasteiger partial charge in [-0.25, -0.2) is 0 Å². The summed E-state index contributed by atoms with van der Waals surface area (Å²) in [5.74, 6) is 0.839. The summed E-state index contributed by atoms with van der Waals surface area (Å²) in [7, 11) is 1.58. The van der Waals surface area contributed by atoms with Crippen molar-refractivity contribution in [1.29, 1.82) is 0 Å². The van der Waals surface area contributed by atoms with Gasteiger partial charge in [-0.15, -0.1) is 0 Å². The second-order valence-corrected chi connectivity index (χ2v) is 8.22. The predicted molar refractivity (Wildman–Crippen MR) is 126 cm³/mol. The van der Waals surface area contributed by atoms with Crippen molar-refractivity contribution in [3.63, 3.8) is 0 Å². The number of esters is 1. The zero-order valence-corrected chi connectivity index (χ0v) is 18.3. The number of pyridine rings is 1. The minimum atomic E-state index is -0.321. The minimum Gasteiger partial charge on any atom is -0.496 e. The molecular weight excluding hydrogens is 430 g/mol. The van der Waals surface area contributed by atoms with Gasteiger partial charge in [0.15, 0.2) is 5.76 Å². The van der Waals surface area contributed by atoms with Crippen LogP contribution >= 0.6 is 0 Å². The molecule has 0 radical (unpaired) electrons. The van der Waals surface area contributed by atoms with Crippen molar-refractivity contribution in [1.82, 2.24) is 4.98 Å². The summed E-state index contributed by atoms with van der Waals surface area (Å²) in [5.41, 5.74) is 3.70. The first-order valence-electron chi connectivity index (χ1n) is 10.9. The summed E-state index contributed by atoms with van der Waals surface area (Å²) in [6.45, 7) is 0. The van der Waals surface area contributed by atoms with Crippen molar-refractivity contribution in [3.8, 4) is 17.2 Å². The molecule has 6 heteroatoms. The number of Topliss-reactive ketones (excluding diaryl/α,β-unsaturated/α-hetero) is 1. The quantitative estimate of drug-likeness (QED) is 0.240. The van der Waals surface area contributed by atoms with Crippen LogP contribution in [-0.2, 0) is 4.79 Å². The SMILES string of the molecule is COc1ccccc1C=C1Oc2c(ccc3c2C(c2ccc4ncccc4c2)CC(=O)O3)C1=O. The standard InChI is InChI=1S/C28H19NO5/c1-32-22-7-3-2-5-18(22)14-24-27(31)19-9-11-23-26(28(19)34-24)20(15-25(30)33-23)16-8-10-21-17(13-16)6-4-12-29-21/h2-14,20H,15H2,1H3. The van der Waals surface area contributed by atoms with Crippen LogP contribution in [0, 0.1) is 0 Å². The lowest BCUT2D eigenvalue weighted by Gasteiger charge is -2.26. The van der Waals surface area contributed by atoms with Crippen LogP contribution < -0.4 is 14.2 Å². The van der Waals surface area contributed by atoms with Crippen LogP contribution in [0.1, 0.15) is 39.4 Å². The van der Waals surface area contributed by atoms with Gasteiger partial charge in [-0.05, 0) is 48.0 Å². The van der Waals surface area contributed by atoms with Gasteiger partial charge in [-0.1, -0.05) is 30.3 Å². The molecule has 1 atom stereocenters. The van der Waals surface area contributed by atoms with E-state index in [1.54, 1.807) is 31.5 Å². The molecule has 3 heterocycles. The zero-order chi connectivity index (χ0) is 23.2. The highest BCUT2D eigenvalue weighted by Gasteiger charge is 2.38. The molecule has 6 nitrogen and oxygen atoms in total. The molecule has 166 valence electrons. The highest BCUT2D eigenvalue weighted by atomic mass is 16.5. The van der Waals surface area contributed by atoms with E-state index in [4.69, 9.17) is 14.2 Å². The molecule has 0 spiro atoms. The van der Waals surface area contributed by atoms with Crippen LogP contribution in [0.15, 0.2) is 78.7 Å². The van der Waals surface area contributed by atoms with Crippen molar-refractivity contribution in [3.05, 3.63) is 101 Å². The van der Waals surface area contributed by atoms with Crippen LogP contribution in [0.25, 0.3) is 17.0 Å². The van der Waals surface area contributed by atoms with Crippen LogP contribution in [0.5, 0.6) is 17.2 Å². The second kappa shape index (κ2) is 7.85. The fourth-order valence-electron chi connectivity index (χ4n) is 4.63. The van der Waals surface area contributed by atoms with E-state index in [9.17, 15) is 9.59 Å². The Morgan fingerprint density at radius 2 is 1.88 bits per heavy atom. The Morgan fingerprint density at radius 1 is 1.00 bits per heavy atom. The van der Waals surface area contributed by atoms with Crippen LogP contribution in [0.4, 0.5) is 0 Å². The highest BCUT2D eigenvalue weighted by Crippen LogP contribution is 2.49. The second-order valence-electron chi connectivity index (χ2n) is 8.22. The minimum absolute atomic E-state index is 0.151. The summed E-state index contributed by atoms with van der Waals surface area (Å²) in [6, 6.07) is 20.5. The molecule has 1 aromatic heterocycles. The summed E-state index contributed by atoms with van der Waals surface area (Å²) < 4.78 is 17.1. The van der Waals surface area contributed by atoms with Gasteiger partial charge in [-0.2, -0.15) is 0 Å². The molecule has 3 aromatic carbocycles. The number of rotatable bonds is 3. The smallest absolute Gasteiger partial charge is 0.312 e. The van der Waals surface area contributed by atoms with Gasteiger partial charge >= 0.3 is 5.97 Å². The number of aromatic nitrogens is 1. The average molecular weight is 449 g/mol. The molecule has 0 amide bonds. The number of allylic oxidation sites excluding steroid dienone is 1. The van der Waals surface area contributed by atoms with E-state index in [0.29, 0.717) is 28.4 Å². The topological polar surface area (TPSA) is 74.7 Å². The Labute approximate surface area is 195 Å². The van der Waals surface area contributed by atoms with Crippen LogP contribution in [0.2, 0.25) is 0 Å². The van der Waals surface area contributed by atoms with E-state index < -0.39 is 0 Å². The molecule has 2 aliphatic rings. The lowest BCUT2D eigenvalue weighted by atomic mass is 9.84. The fraction of sp³-hybridized carbons (Fsp3) is 0.107. The van der Waals surface area contributed by atoms with Crippen LogP contribution in [0.3, 0.4) is 0 Å². The molecule has 2 aliphatic heterocycles. The average Bonchev–Trinajstić information content (AvgIpc) is 3.18. The Kier molecular flexibility index (Phi) is 4.66. The fourth-order valence-corrected chi connectivity index (χ4v) is 4.63. The Bertz CT molecular complexity index is 1520. The number of hydrogen-bond acceptors (Lipinski definition) is 6. The predicted octanol–water partition coefficient (Wildman–Crippen LogP) is 5.30. The van der Waals surface area contributed by atoms with E-state index in [1.165, 1.54) is 0 Å². The number of ether oxygens (including phenoxy) is 3. The van der Waals surface area contributed by atoms with E-state index in [0.717, 1.165) is 22.0 Å². The van der Waals surface area contributed by atoms with E-state index in [2.05, 4.69) is 4.98 Å². The van der Waals surface area contributed by atoms with Crippen LogP contribution in [-0.4, -0.2) is 23.8 Å². The van der Waals surface area contributed by atoms with Gasteiger partial charge in [0.05, 0.1) is 24.6 Å². The van der Waals surface area contributed by atoms with E-state index in [1.807, 2.05) is 54.6 Å². The number of ketones is 1. The molecular formula is C28H19NO5. The number of nitrogens with zero attached hydrogens (tertiary/aromatic N) is 1. The molecule has 4 aromatic rings. The monoisotopic (exact) mass is 449 g/mol. The van der Waals surface area contributed by atoms with Gasteiger partial charge in [-0.3, -0.25) is 14.6 Å². The number of fused-ring (bicyclic) bond motifs is 4. The number of carbonyl (C=O) groups excluding carboxylic acids is 2. The lowest BCUT2D eigenvalue weighted by Crippen LogP contribution is -2.21. The first-order chi connectivity index (χ1) is 16.6. The largest absolute Gasteiger partial charge is 0.496 e. The number of benzene rings is 3. The molecule has 0 N–H and O–H groups in total. The highest BCUT2D eigenvalue weighted by molar-refractivity contribution is 6.15. The number of carbonyl (C=O) groups is 2. The zero-order valence-electron chi connectivity index (χ0n) is 18.3. The summed E-state index contributed by atoms with van der Waals surface area (Å²) in [6.07, 6.45) is 3.58. The maximum Gasteiger partial charge on any atom is 0.312 e. The number of methoxy groups -OCH3 is 1. The first-order valence-corrected chi connectivity index (χ1v) is 10.9. The van der Waals surface area contributed by atoms with Crippen molar-refractivity contribution >= 4 is 28.7 Å². The van der Waals surface area contributed by atoms with E-state index >= 15 is 0 Å². The molecule has 0 saturated carbocycles. The van der Waals surface area contributed by atoms with Crippen molar-refractivity contribution in [2.24, 2.45) is 0 Å². The Morgan fingerprint density at radius 3 is 2.76 bits per heavy atom. The van der Waals surface area contributed by atoms with Crippen molar-refractivity contribution in [2.45, 2.75) is 12.3 Å². The summed E-state index contributed by atoms with van der Waals surface area (Å²) >= 11 is 0. The summed E-state index contributed by atoms with van der Waals surface area (Å²) in [4.78, 5) is 30.0. The number of hydrogen-bond donors (Lipinski definition) is 0. The maximum absolute atomic E-state index is 13.2. The first kappa shape index (κ1) is 20.2. The Balaban J connectivity index is 1.47. The van der Waals surface area contributed by atoms with Gasteiger partial charge in [0, 0.05) is 28.6 Å².